The second-order valence-corrected chi connectivity index (χ2v) is 7.43. The lowest BCUT2D eigenvalue weighted by Gasteiger charge is -2.27. The second kappa shape index (κ2) is 8.62. The van der Waals surface area contributed by atoms with Crippen LogP contribution in [0.4, 0.5) is 0 Å². The SMILES string of the molecule is CC(C)NCCCNCc1cccc2c1C(=O)N(C1CCC(=O)NC1=O)C2=O. The number of nitrogens with zero attached hydrogens (tertiary/aromatic N) is 1. The van der Waals surface area contributed by atoms with Gasteiger partial charge in [-0.2, -0.15) is 0 Å². The van der Waals surface area contributed by atoms with Crippen LogP contribution in [0, 0.1) is 0 Å². The number of carbonyl (C=O) groups excluding carboxylic acids is 4. The van der Waals surface area contributed by atoms with Crippen LogP contribution in [0.5, 0.6) is 0 Å². The Morgan fingerprint density at radius 3 is 2.64 bits per heavy atom. The van der Waals surface area contributed by atoms with Crippen LogP contribution in [-0.4, -0.2) is 53.7 Å². The third kappa shape index (κ3) is 4.13. The Morgan fingerprint density at radius 1 is 1.14 bits per heavy atom. The minimum atomic E-state index is -0.937. The van der Waals surface area contributed by atoms with Crippen LogP contribution in [0.1, 0.15) is 59.4 Å². The zero-order valence-electron chi connectivity index (χ0n) is 16.2. The summed E-state index contributed by atoms with van der Waals surface area (Å²) in [6, 6.07) is 4.68. The number of hydrogen-bond donors (Lipinski definition) is 3. The van der Waals surface area contributed by atoms with Crippen LogP contribution in [0.15, 0.2) is 18.2 Å². The van der Waals surface area contributed by atoms with E-state index in [1.165, 1.54) is 0 Å². The minimum absolute atomic E-state index is 0.114. The van der Waals surface area contributed by atoms with Crippen molar-refractivity contribution in [3.8, 4) is 0 Å². The van der Waals surface area contributed by atoms with Crippen molar-refractivity contribution in [1.29, 1.82) is 0 Å². The van der Waals surface area contributed by atoms with Crippen molar-refractivity contribution in [3.63, 3.8) is 0 Å². The Labute approximate surface area is 164 Å². The van der Waals surface area contributed by atoms with Gasteiger partial charge in [-0.15, -0.1) is 0 Å². The van der Waals surface area contributed by atoms with Crippen LogP contribution in [0.3, 0.4) is 0 Å². The number of imide groups is 2. The number of carbonyl (C=O) groups is 4. The highest BCUT2D eigenvalue weighted by Gasteiger charge is 2.45. The number of benzene rings is 1. The molecule has 8 nitrogen and oxygen atoms in total. The third-order valence-electron chi connectivity index (χ3n) is 4.95. The average molecular weight is 386 g/mol. The van der Waals surface area contributed by atoms with Gasteiger partial charge in [-0.25, -0.2) is 0 Å². The lowest BCUT2D eigenvalue weighted by molar-refractivity contribution is -0.136. The van der Waals surface area contributed by atoms with Gasteiger partial charge in [0.25, 0.3) is 11.8 Å². The van der Waals surface area contributed by atoms with Gasteiger partial charge in [0.15, 0.2) is 0 Å². The molecule has 2 heterocycles. The first-order valence-corrected chi connectivity index (χ1v) is 9.67. The van der Waals surface area contributed by atoms with E-state index in [-0.39, 0.29) is 18.7 Å². The van der Waals surface area contributed by atoms with E-state index >= 15 is 0 Å². The molecule has 0 saturated carbocycles. The van der Waals surface area contributed by atoms with Crippen LogP contribution in [0.25, 0.3) is 0 Å². The Balaban J connectivity index is 1.68. The fourth-order valence-corrected chi connectivity index (χ4v) is 3.56. The lowest BCUT2D eigenvalue weighted by Crippen LogP contribution is -2.54. The number of amides is 4. The summed E-state index contributed by atoms with van der Waals surface area (Å²) in [5.74, 6) is -1.91. The van der Waals surface area contributed by atoms with Gasteiger partial charge in [0.1, 0.15) is 6.04 Å². The van der Waals surface area contributed by atoms with Crippen molar-refractivity contribution in [2.75, 3.05) is 13.1 Å². The Morgan fingerprint density at radius 2 is 1.93 bits per heavy atom. The monoisotopic (exact) mass is 386 g/mol. The first-order chi connectivity index (χ1) is 13.4. The normalized spacial score (nSPS) is 19.4. The summed E-state index contributed by atoms with van der Waals surface area (Å²) in [5, 5.41) is 8.85. The van der Waals surface area contributed by atoms with Gasteiger partial charge in [0, 0.05) is 19.0 Å². The molecular formula is C20H26N4O4. The molecule has 4 amide bonds. The van der Waals surface area contributed by atoms with Crippen molar-refractivity contribution < 1.29 is 19.2 Å². The summed E-state index contributed by atoms with van der Waals surface area (Å²) in [6.07, 6.45) is 1.22. The van der Waals surface area contributed by atoms with Crippen molar-refractivity contribution in [2.45, 2.75) is 51.7 Å². The molecule has 1 aromatic rings. The van der Waals surface area contributed by atoms with Crippen LogP contribution in [0.2, 0.25) is 0 Å². The predicted molar refractivity (Wildman–Crippen MR) is 103 cm³/mol. The highest BCUT2D eigenvalue weighted by atomic mass is 16.2. The van der Waals surface area contributed by atoms with Gasteiger partial charge in [-0.3, -0.25) is 29.4 Å². The third-order valence-corrected chi connectivity index (χ3v) is 4.95. The Kier molecular flexibility index (Phi) is 6.21. The number of nitrogens with one attached hydrogen (secondary N) is 3. The summed E-state index contributed by atoms with van der Waals surface area (Å²) in [5.41, 5.74) is 1.41. The van der Waals surface area contributed by atoms with Crippen molar-refractivity contribution in [3.05, 3.63) is 34.9 Å². The van der Waals surface area contributed by atoms with E-state index in [9.17, 15) is 19.2 Å². The zero-order valence-corrected chi connectivity index (χ0v) is 16.2. The summed E-state index contributed by atoms with van der Waals surface area (Å²) in [4.78, 5) is 50.3. The van der Waals surface area contributed by atoms with E-state index in [1.807, 2.05) is 6.07 Å². The van der Waals surface area contributed by atoms with E-state index in [1.54, 1.807) is 12.1 Å². The van der Waals surface area contributed by atoms with Crippen LogP contribution < -0.4 is 16.0 Å². The highest BCUT2D eigenvalue weighted by molar-refractivity contribution is 6.24. The molecule has 2 aliphatic rings. The molecule has 150 valence electrons. The maximum Gasteiger partial charge on any atom is 0.262 e. The molecule has 3 N–H and O–H groups in total. The van der Waals surface area contributed by atoms with Gasteiger partial charge in [0.2, 0.25) is 11.8 Å². The molecule has 3 rings (SSSR count). The number of piperidine rings is 1. The van der Waals surface area contributed by atoms with E-state index < -0.39 is 23.8 Å². The average Bonchev–Trinajstić information content (AvgIpc) is 2.90. The highest BCUT2D eigenvalue weighted by Crippen LogP contribution is 2.29. The molecule has 1 saturated heterocycles. The summed E-state index contributed by atoms with van der Waals surface area (Å²) in [6.45, 7) is 6.34. The zero-order chi connectivity index (χ0) is 20.3. The fourth-order valence-electron chi connectivity index (χ4n) is 3.56. The van der Waals surface area contributed by atoms with Crippen LogP contribution >= 0.6 is 0 Å². The molecule has 1 atom stereocenters. The molecule has 0 spiro atoms. The smallest absolute Gasteiger partial charge is 0.262 e. The van der Waals surface area contributed by atoms with Gasteiger partial charge in [-0.05, 0) is 37.6 Å². The molecule has 1 unspecified atom stereocenters. The molecule has 0 aliphatic carbocycles. The lowest BCUT2D eigenvalue weighted by atomic mass is 10.0. The summed E-state index contributed by atoms with van der Waals surface area (Å²) < 4.78 is 0. The maximum atomic E-state index is 13.0. The van der Waals surface area contributed by atoms with Crippen LogP contribution in [-0.2, 0) is 16.1 Å². The largest absolute Gasteiger partial charge is 0.314 e. The van der Waals surface area contributed by atoms with Crippen molar-refractivity contribution in [1.82, 2.24) is 20.9 Å². The molecule has 0 aromatic heterocycles. The maximum absolute atomic E-state index is 13.0. The minimum Gasteiger partial charge on any atom is -0.314 e. The number of fused-ring (bicyclic) bond motifs is 1. The van der Waals surface area contributed by atoms with E-state index in [0.29, 0.717) is 23.7 Å². The van der Waals surface area contributed by atoms with Gasteiger partial charge < -0.3 is 10.6 Å². The first kappa shape index (κ1) is 20.2. The van der Waals surface area contributed by atoms with E-state index in [0.717, 1.165) is 30.0 Å². The van der Waals surface area contributed by atoms with Gasteiger partial charge in [0.05, 0.1) is 11.1 Å². The molecule has 0 bridgehead atoms. The predicted octanol–water partition coefficient (Wildman–Crippen LogP) is 0.566. The fraction of sp³-hybridized carbons (Fsp3) is 0.500. The van der Waals surface area contributed by atoms with Gasteiger partial charge >= 0.3 is 0 Å². The van der Waals surface area contributed by atoms with Gasteiger partial charge in [-0.1, -0.05) is 26.0 Å². The summed E-state index contributed by atoms with van der Waals surface area (Å²) in [7, 11) is 0. The quantitative estimate of drug-likeness (QED) is 0.445. The molecule has 8 heteroatoms. The van der Waals surface area contributed by atoms with E-state index in [4.69, 9.17) is 0 Å². The number of rotatable bonds is 8. The molecule has 0 radical (unpaired) electrons. The molecule has 2 aliphatic heterocycles. The Hall–Kier alpha value is -2.58. The molecular weight excluding hydrogens is 360 g/mol. The first-order valence-electron chi connectivity index (χ1n) is 9.67. The molecule has 1 aromatic carbocycles. The van der Waals surface area contributed by atoms with Crippen molar-refractivity contribution in [2.24, 2.45) is 0 Å². The molecule has 1 fully saturated rings. The molecule has 28 heavy (non-hydrogen) atoms. The number of hydrogen-bond acceptors (Lipinski definition) is 6. The Bertz CT molecular complexity index is 805. The standard InChI is InChI=1S/C20H26N4O4/c1-12(2)22-10-4-9-21-11-13-5-3-6-14-17(13)20(28)24(19(14)27)15-7-8-16(25)23-18(15)26/h3,5-6,12,15,21-22H,4,7-11H2,1-2H3,(H,23,25,26). The van der Waals surface area contributed by atoms with Crippen molar-refractivity contribution >= 4 is 23.6 Å². The van der Waals surface area contributed by atoms with E-state index in [2.05, 4.69) is 29.8 Å². The summed E-state index contributed by atoms with van der Waals surface area (Å²) >= 11 is 0. The topological polar surface area (TPSA) is 108 Å². The second-order valence-electron chi connectivity index (χ2n) is 7.43.